The van der Waals surface area contributed by atoms with Crippen LogP contribution in [0.25, 0.3) is 0 Å². The monoisotopic (exact) mass is 369 g/mol. The van der Waals surface area contributed by atoms with Crippen LogP contribution in [0.4, 0.5) is 0 Å². The second-order valence-electron chi connectivity index (χ2n) is 10.2. The van der Waals surface area contributed by atoms with Gasteiger partial charge in [-0.15, -0.1) is 0 Å². The van der Waals surface area contributed by atoms with Crippen LogP contribution in [0.2, 0.25) is 0 Å². The second-order valence-corrected chi connectivity index (χ2v) is 10.2. The highest BCUT2D eigenvalue weighted by atomic mass is 16.5. The maximum Gasteiger partial charge on any atom is 0.138 e. The molecule has 4 nitrogen and oxygen atoms in total. The van der Waals surface area contributed by atoms with E-state index in [1.54, 1.807) is 0 Å². The minimum absolute atomic E-state index is 0.243. The summed E-state index contributed by atoms with van der Waals surface area (Å²) in [6.07, 6.45) is 4.85. The van der Waals surface area contributed by atoms with Crippen LogP contribution in [0.3, 0.4) is 0 Å². The predicted molar refractivity (Wildman–Crippen MR) is 109 cm³/mol. The third-order valence-corrected chi connectivity index (χ3v) is 5.08. The standard InChI is InChI=1S/C22H43NO3/c1-21(2,3)10-14-23-12-7-19(8-13-23)20(24)9-15-25-17-18-26-16-11-22(4,5)6/h19H,7-18H2,1-6H3. The molecule has 0 radical (unpaired) electrons. The third-order valence-electron chi connectivity index (χ3n) is 5.08. The summed E-state index contributed by atoms with van der Waals surface area (Å²) in [6, 6.07) is 0. The van der Waals surface area contributed by atoms with Gasteiger partial charge in [0.05, 0.1) is 19.8 Å². The van der Waals surface area contributed by atoms with Crippen LogP contribution in [0.1, 0.15) is 73.6 Å². The fraction of sp³-hybridized carbons (Fsp3) is 0.955. The number of carbonyl (C=O) groups excluding carboxylic acids is 1. The first-order valence-electron chi connectivity index (χ1n) is 10.5. The van der Waals surface area contributed by atoms with Crippen molar-refractivity contribution in [3.8, 4) is 0 Å². The van der Waals surface area contributed by atoms with Crippen LogP contribution in [0, 0.1) is 16.7 Å². The van der Waals surface area contributed by atoms with Gasteiger partial charge in [0.1, 0.15) is 5.78 Å². The molecule has 1 saturated heterocycles. The van der Waals surface area contributed by atoms with Gasteiger partial charge in [0.2, 0.25) is 0 Å². The molecule has 1 fully saturated rings. The molecular weight excluding hydrogens is 326 g/mol. The highest BCUT2D eigenvalue weighted by molar-refractivity contribution is 5.81. The maximum absolute atomic E-state index is 12.3. The number of Topliss-reactive ketones (excluding diaryl/α,β-unsaturated/α-hetero) is 1. The van der Waals surface area contributed by atoms with Gasteiger partial charge in [-0.3, -0.25) is 4.79 Å². The van der Waals surface area contributed by atoms with Crippen molar-refractivity contribution < 1.29 is 14.3 Å². The van der Waals surface area contributed by atoms with Crippen molar-refractivity contribution in [2.45, 2.75) is 73.6 Å². The van der Waals surface area contributed by atoms with E-state index in [0.717, 1.165) is 45.5 Å². The molecule has 0 unspecified atom stereocenters. The quantitative estimate of drug-likeness (QED) is 0.500. The number of hydrogen-bond acceptors (Lipinski definition) is 4. The van der Waals surface area contributed by atoms with Crippen molar-refractivity contribution >= 4 is 5.78 Å². The van der Waals surface area contributed by atoms with Gasteiger partial charge in [-0.2, -0.15) is 0 Å². The molecule has 26 heavy (non-hydrogen) atoms. The zero-order chi connectivity index (χ0) is 19.6. The smallest absolute Gasteiger partial charge is 0.138 e. The molecular formula is C22H43NO3. The molecule has 0 saturated carbocycles. The summed E-state index contributed by atoms with van der Waals surface area (Å²) >= 11 is 0. The molecule has 1 aliphatic heterocycles. The van der Waals surface area contributed by atoms with Crippen LogP contribution >= 0.6 is 0 Å². The SMILES string of the molecule is CC(C)(C)CCOCCOCCC(=O)C1CCN(CCC(C)(C)C)CC1. The first kappa shape index (κ1) is 23.6. The van der Waals surface area contributed by atoms with Crippen LogP contribution in [0.15, 0.2) is 0 Å². The molecule has 4 heteroatoms. The summed E-state index contributed by atoms with van der Waals surface area (Å²) in [5.41, 5.74) is 0.704. The molecule has 0 aromatic rings. The van der Waals surface area contributed by atoms with Gasteiger partial charge in [-0.1, -0.05) is 41.5 Å². The molecule has 0 amide bonds. The molecule has 0 aliphatic carbocycles. The summed E-state index contributed by atoms with van der Waals surface area (Å²) in [5.74, 6) is 0.627. The fourth-order valence-electron chi connectivity index (χ4n) is 3.05. The van der Waals surface area contributed by atoms with Crippen molar-refractivity contribution in [2.75, 3.05) is 46.1 Å². The van der Waals surface area contributed by atoms with Crippen LogP contribution in [0.5, 0.6) is 0 Å². The highest BCUT2D eigenvalue weighted by Crippen LogP contribution is 2.23. The predicted octanol–water partition coefficient (Wildman–Crippen LogP) is 4.56. The Morgan fingerprint density at radius 2 is 1.38 bits per heavy atom. The summed E-state index contributed by atoms with van der Waals surface area (Å²) < 4.78 is 11.1. The fourth-order valence-corrected chi connectivity index (χ4v) is 3.05. The maximum atomic E-state index is 12.3. The van der Waals surface area contributed by atoms with E-state index in [9.17, 15) is 4.79 Å². The lowest BCUT2D eigenvalue weighted by molar-refractivity contribution is -0.125. The Hall–Kier alpha value is -0.450. The molecule has 0 bridgehead atoms. The third kappa shape index (κ3) is 12.0. The lowest BCUT2D eigenvalue weighted by Crippen LogP contribution is -2.38. The van der Waals surface area contributed by atoms with Crippen molar-refractivity contribution in [3.63, 3.8) is 0 Å². The molecule has 1 heterocycles. The van der Waals surface area contributed by atoms with Crippen molar-refractivity contribution in [1.82, 2.24) is 4.90 Å². The minimum Gasteiger partial charge on any atom is -0.379 e. The van der Waals surface area contributed by atoms with Crippen LogP contribution in [-0.4, -0.2) is 56.7 Å². The largest absolute Gasteiger partial charge is 0.379 e. The van der Waals surface area contributed by atoms with Gasteiger partial charge in [0.15, 0.2) is 0 Å². The van der Waals surface area contributed by atoms with Crippen LogP contribution in [-0.2, 0) is 14.3 Å². The van der Waals surface area contributed by atoms with Crippen molar-refractivity contribution in [3.05, 3.63) is 0 Å². The lowest BCUT2D eigenvalue weighted by Gasteiger charge is -2.33. The van der Waals surface area contributed by atoms with Gasteiger partial charge < -0.3 is 14.4 Å². The van der Waals surface area contributed by atoms with Crippen molar-refractivity contribution in [1.29, 1.82) is 0 Å². The van der Waals surface area contributed by atoms with Crippen molar-refractivity contribution in [2.24, 2.45) is 16.7 Å². The first-order valence-corrected chi connectivity index (χ1v) is 10.5. The number of rotatable bonds is 11. The molecule has 0 atom stereocenters. The minimum atomic E-state index is 0.243. The molecule has 1 aliphatic rings. The zero-order valence-electron chi connectivity index (χ0n) is 18.2. The Morgan fingerprint density at radius 3 is 1.92 bits per heavy atom. The van der Waals surface area contributed by atoms with Gasteiger partial charge in [0, 0.05) is 18.9 Å². The molecule has 0 aromatic heterocycles. The normalized spacial score (nSPS) is 17.6. The average Bonchev–Trinajstić information content (AvgIpc) is 2.54. The Kier molecular flexibility index (Phi) is 10.3. The van der Waals surface area contributed by atoms with E-state index in [1.165, 1.54) is 6.42 Å². The Bertz CT molecular complexity index is 387. The second kappa shape index (κ2) is 11.4. The Labute approximate surface area is 162 Å². The van der Waals surface area contributed by atoms with E-state index in [2.05, 4.69) is 46.4 Å². The van der Waals surface area contributed by atoms with Gasteiger partial charge in [0.25, 0.3) is 0 Å². The van der Waals surface area contributed by atoms with Crippen LogP contribution < -0.4 is 0 Å². The Morgan fingerprint density at radius 1 is 0.846 bits per heavy atom. The molecule has 154 valence electrons. The zero-order valence-corrected chi connectivity index (χ0v) is 18.2. The topological polar surface area (TPSA) is 38.8 Å². The first-order chi connectivity index (χ1) is 12.1. The average molecular weight is 370 g/mol. The Balaban J connectivity index is 2.02. The van der Waals surface area contributed by atoms with E-state index in [-0.39, 0.29) is 5.92 Å². The summed E-state index contributed by atoms with van der Waals surface area (Å²) in [7, 11) is 0. The number of hydrogen-bond donors (Lipinski definition) is 0. The highest BCUT2D eigenvalue weighted by Gasteiger charge is 2.25. The lowest BCUT2D eigenvalue weighted by atomic mass is 9.89. The van der Waals surface area contributed by atoms with Gasteiger partial charge >= 0.3 is 0 Å². The summed E-state index contributed by atoms with van der Waals surface area (Å²) in [5, 5.41) is 0. The molecule has 1 rings (SSSR count). The van der Waals surface area contributed by atoms with E-state index in [4.69, 9.17) is 9.47 Å². The number of likely N-dealkylation sites (tertiary alicyclic amines) is 1. The number of piperidine rings is 1. The molecule has 0 spiro atoms. The van der Waals surface area contributed by atoms with E-state index >= 15 is 0 Å². The van der Waals surface area contributed by atoms with E-state index < -0.39 is 0 Å². The summed E-state index contributed by atoms with van der Waals surface area (Å²) in [4.78, 5) is 14.9. The summed E-state index contributed by atoms with van der Waals surface area (Å²) in [6.45, 7) is 19.3. The molecule has 0 aromatic carbocycles. The van der Waals surface area contributed by atoms with E-state index in [1.807, 2.05) is 0 Å². The number of ether oxygens (including phenoxy) is 2. The number of ketones is 1. The van der Waals surface area contributed by atoms with Gasteiger partial charge in [-0.05, 0) is 56.1 Å². The molecule has 0 N–H and O–H groups in total. The van der Waals surface area contributed by atoms with E-state index in [0.29, 0.717) is 42.9 Å². The number of nitrogens with zero attached hydrogens (tertiary/aromatic N) is 1. The number of carbonyl (C=O) groups is 1. The van der Waals surface area contributed by atoms with Gasteiger partial charge in [-0.25, -0.2) is 0 Å².